The number of carbonyl (C=O) groups is 1. The average Bonchev–Trinajstić information content (AvgIpc) is 3.06. The molecule has 1 aromatic carbocycles. The summed E-state index contributed by atoms with van der Waals surface area (Å²) in [5.74, 6) is 0. The number of nitrogens with one attached hydrogen (secondary N) is 1. The Hall–Kier alpha value is -1.75. The number of hydrogen-bond acceptors (Lipinski definition) is 3. The van der Waals surface area contributed by atoms with Crippen molar-refractivity contribution in [3.8, 4) is 0 Å². The number of urea groups is 1. The SMILES string of the molecule is CN1C2CCC1CC(N(C(N)=O)C1CCCC3(Cc4ccccc4N3)C1)C2. The summed E-state index contributed by atoms with van der Waals surface area (Å²) in [5.41, 5.74) is 8.77. The highest BCUT2D eigenvalue weighted by Crippen LogP contribution is 2.44. The summed E-state index contributed by atoms with van der Waals surface area (Å²) < 4.78 is 0. The van der Waals surface area contributed by atoms with E-state index in [1.165, 1.54) is 30.5 Å². The van der Waals surface area contributed by atoms with Gasteiger partial charge in [0.2, 0.25) is 0 Å². The van der Waals surface area contributed by atoms with E-state index in [-0.39, 0.29) is 17.6 Å². The number of nitrogens with zero attached hydrogens (tertiary/aromatic N) is 2. The molecule has 4 aliphatic rings. The number of piperidine rings is 1. The van der Waals surface area contributed by atoms with E-state index < -0.39 is 0 Å². The van der Waals surface area contributed by atoms with Crippen molar-refractivity contribution in [2.45, 2.75) is 87.5 Å². The van der Waals surface area contributed by atoms with Crippen LogP contribution in [0.4, 0.5) is 10.5 Å². The normalized spacial score (nSPS) is 37.8. The Balaban J connectivity index is 1.35. The molecule has 1 spiro atoms. The van der Waals surface area contributed by atoms with Crippen LogP contribution in [0.2, 0.25) is 0 Å². The van der Waals surface area contributed by atoms with Crippen LogP contribution in [-0.2, 0) is 6.42 Å². The first-order valence-electron chi connectivity index (χ1n) is 10.7. The van der Waals surface area contributed by atoms with Gasteiger partial charge >= 0.3 is 6.03 Å². The van der Waals surface area contributed by atoms with E-state index in [2.05, 4.69) is 46.4 Å². The number of para-hydroxylation sites is 1. The van der Waals surface area contributed by atoms with Gasteiger partial charge in [-0.25, -0.2) is 4.79 Å². The number of carbonyl (C=O) groups excluding carboxylic acids is 1. The van der Waals surface area contributed by atoms with Crippen molar-refractivity contribution in [1.29, 1.82) is 0 Å². The number of amides is 2. The molecule has 2 saturated heterocycles. The van der Waals surface area contributed by atoms with Crippen LogP contribution in [0.15, 0.2) is 24.3 Å². The summed E-state index contributed by atoms with van der Waals surface area (Å²) in [6.45, 7) is 0. The summed E-state index contributed by atoms with van der Waals surface area (Å²) in [4.78, 5) is 17.2. The third kappa shape index (κ3) is 2.91. The summed E-state index contributed by atoms with van der Waals surface area (Å²) >= 11 is 0. The van der Waals surface area contributed by atoms with E-state index in [1.807, 2.05) is 0 Å². The molecule has 5 heteroatoms. The van der Waals surface area contributed by atoms with E-state index in [9.17, 15) is 4.79 Å². The summed E-state index contributed by atoms with van der Waals surface area (Å²) in [6.07, 6.45) is 10.3. The molecule has 3 heterocycles. The number of hydrogen-bond donors (Lipinski definition) is 2. The third-order valence-electron chi connectivity index (χ3n) is 7.88. The summed E-state index contributed by atoms with van der Waals surface area (Å²) in [5, 5.41) is 3.83. The Bertz CT molecular complexity index is 696. The monoisotopic (exact) mass is 368 g/mol. The predicted molar refractivity (Wildman–Crippen MR) is 108 cm³/mol. The number of nitrogens with two attached hydrogens (primary N) is 1. The fourth-order valence-electron chi connectivity index (χ4n) is 6.60. The molecule has 4 atom stereocenters. The first-order chi connectivity index (χ1) is 13.0. The van der Waals surface area contributed by atoms with Crippen molar-refractivity contribution in [1.82, 2.24) is 9.80 Å². The van der Waals surface area contributed by atoms with Crippen LogP contribution in [0.5, 0.6) is 0 Å². The molecule has 2 bridgehead atoms. The van der Waals surface area contributed by atoms with Gasteiger partial charge in [-0.2, -0.15) is 0 Å². The van der Waals surface area contributed by atoms with Crippen molar-refractivity contribution in [3.05, 3.63) is 29.8 Å². The standard InChI is InChI=1S/C22H32N4O/c1-25-16-8-9-17(25)12-19(11-16)26(21(23)27)18-6-4-10-22(14-18)13-15-5-2-3-7-20(15)24-22/h2-3,5,7,16-19,24H,4,6,8-14H2,1H3,(H2,23,27). The Morgan fingerprint density at radius 3 is 2.63 bits per heavy atom. The van der Waals surface area contributed by atoms with Crippen LogP contribution in [-0.4, -0.2) is 52.6 Å². The molecule has 146 valence electrons. The van der Waals surface area contributed by atoms with Gasteiger partial charge in [0.15, 0.2) is 0 Å². The molecule has 5 rings (SSSR count). The molecule has 3 fully saturated rings. The molecule has 0 aromatic heterocycles. The lowest BCUT2D eigenvalue weighted by molar-refractivity contribution is 0.0536. The number of anilines is 1. The maximum Gasteiger partial charge on any atom is 0.315 e. The van der Waals surface area contributed by atoms with E-state index >= 15 is 0 Å². The lowest BCUT2D eigenvalue weighted by Crippen LogP contribution is -2.58. The Morgan fingerprint density at radius 1 is 1.19 bits per heavy atom. The fraction of sp³-hybridized carbons (Fsp3) is 0.682. The van der Waals surface area contributed by atoms with Gasteiger partial charge in [-0.05, 0) is 76.5 Å². The first-order valence-corrected chi connectivity index (χ1v) is 10.7. The van der Waals surface area contributed by atoms with Gasteiger partial charge in [0.1, 0.15) is 0 Å². The first kappa shape index (κ1) is 17.4. The molecule has 3 aliphatic heterocycles. The minimum Gasteiger partial charge on any atom is -0.379 e. The van der Waals surface area contributed by atoms with Crippen LogP contribution in [0.3, 0.4) is 0 Å². The Kier molecular flexibility index (Phi) is 4.12. The van der Waals surface area contributed by atoms with Gasteiger partial charge < -0.3 is 20.9 Å². The molecule has 3 N–H and O–H groups in total. The van der Waals surface area contributed by atoms with Crippen molar-refractivity contribution >= 4 is 11.7 Å². The molecule has 27 heavy (non-hydrogen) atoms. The highest BCUT2D eigenvalue weighted by Gasteiger charge is 2.47. The summed E-state index contributed by atoms with van der Waals surface area (Å²) in [7, 11) is 2.25. The molecule has 1 saturated carbocycles. The van der Waals surface area contributed by atoms with Crippen LogP contribution in [0.1, 0.15) is 56.9 Å². The highest BCUT2D eigenvalue weighted by molar-refractivity contribution is 5.73. The maximum absolute atomic E-state index is 12.5. The number of benzene rings is 1. The molecular weight excluding hydrogens is 336 g/mol. The van der Waals surface area contributed by atoms with E-state index in [1.54, 1.807) is 0 Å². The van der Waals surface area contributed by atoms with Gasteiger partial charge in [-0.1, -0.05) is 18.2 Å². The van der Waals surface area contributed by atoms with Crippen LogP contribution in [0.25, 0.3) is 0 Å². The van der Waals surface area contributed by atoms with Crippen LogP contribution >= 0.6 is 0 Å². The average molecular weight is 369 g/mol. The second kappa shape index (κ2) is 6.40. The molecule has 2 amide bonds. The second-order valence-corrected chi connectivity index (χ2v) is 9.41. The smallest absolute Gasteiger partial charge is 0.315 e. The molecule has 4 unspecified atom stereocenters. The van der Waals surface area contributed by atoms with Gasteiger partial charge in [0.05, 0.1) is 0 Å². The maximum atomic E-state index is 12.5. The van der Waals surface area contributed by atoms with Crippen molar-refractivity contribution in [2.75, 3.05) is 12.4 Å². The number of fused-ring (bicyclic) bond motifs is 3. The predicted octanol–water partition coefficient (Wildman–Crippen LogP) is 3.34. The lowest BCUT2D eigenvalue weighted by Gasteiger charge is -2.48. The van der Waals surface area contributed by atoms with E-state index in [4.69, 9.17) is 5.73 Å². The van der Waals surface area contributed by atoms with Gasteiger partial charge in [0.25, 0.3) is 0 Å². The zero-order chi connectivity index (χ0) is 18.6. The summed E-state index contributed by atoms with van der Waals surface area (Å²) in [6, 6.07) is 10.3. The van der Waals surface area contributed by atoms with Gasteiger partial charge in [-0.3, -0.25) is 0 Å². The largest absolute Gasteiger partial charge is 0.379 e. The lowest BCUT2D eigenvalue weighted by atomic mass is 9.76. The minimum atomic E-state index is -0.207. The van der Waals surface area contributed by atoms with E-state index in [0.29, 0.717) is 18.1 Å². The zero-order valence-corrected chi connectivity index (χ0v) is 16.4. The van der Waals surface area contributed by atoms with Crippen LogP contribution in [0, 0.1) is 0 Å². The number of primary amides is 1. The minimum absolute atomic E-state index is 0.102. The Morgan fingerprint density at radius 2 is 1.93 bits per heavy atom. The highest BCUT2D eigenvalue weighted by atomic mass is 16.2. The molecule has 0 radical (unpaired) electrons. The van der Waals surface area contributed by atoms with Gasteiger partial charge in [-0.15, -0.1) is 0 Å². The quantitative estimate of drug-likeness (QED) is 0.842. The second-order valence-electron chi connectivity index (χ2n) is 9.41. The molecular formula is C22H32N4O. The molecule has 1 aromatic rings. The zero-order valence-electron chi connectivity index (χ0n) is 16.4. The van der Waals surface area contributed by atoms with Gasteiger partial charge in [0, 0.05) is 35.4 Å². The fourth-order valence-corrected chi connectivity index (χ4v) is 6.60. The molecule has 5 nitrogen and oxygen atoms in total. The number of rotatable bonds is 2. The van der Waals surface area contributed by atoms with Crippen LogP contribution < -0.4 is 11.1 Å². The Labute approximate surface area is 162 Å². The molecule has 1 aliphatic carbocycles. The van der Waals surface area contributed by atoms with E-state index in [0.717, 1.165) is 38.5 Å². The third-order valence-corrected chi connectivity index (χ3v) is 7.88. The van der Waals surface area contributed by atoms with Crippen molar-refractivity contribution < 1.29 is 4.79 Å². The van der Waals surface area contributed by atoms with Crippen molar-refractivity contribution in [2.24, 2.45) is 5.73 Å². The van der Waals surface area contributed by atoms with Crippen molar-refractivity contribution in [3.63, 3.8) is 0 Å². The topological polar surface area (TPSA) is 61.6 Å².